The third-order valence-electron chi connectivity index (χ3n) is 4.13. The first-order valence-electron chi connectivity index (χ1n) is 6.87. The predicted molar refractivity (Wildman–Crippen MR) is 71.1 cm³/mol. The molecule has 2 fully saturated rings. The molecule has 0 amide bonds. The number of fused-ring (bicyclic) bond motifs is 2. The standard InChI is InChI=1S/C15H22N2/c1-2-4-13(5-3-1)6-7-17-11-14-8-15(12-17)10-16-9-14/h1-5,14-16H,6-12H2. The number of piperidine rings is 2. The van der Waals surface area contributed by atoms with E-state index in [4.69, 9.17) is 0 Å². The lowest BCUT2D eigenvalue weighted by Gasteiger charge is -2.41. The Labute approximate surface area is 104 Å². The number of likely N-dealkylation sites (tertiary alicyclic amines) is 1. The van der Waals surface area contributed by atoms with Gasteiger partial charge in [0.2, 0.25) is 0 Å². The summed E-state index contributed by atoms with van der Waals surface area (Å²) in [5.41, 5.74) is 1.47. The monoisotopic (exact) mass is 230 g/mol. The summed E-state index contributed by atoms with van der Waals surface area (Å²) < 4.78 is 0. The average molecular weight is 230 g/mol. The van der Waals surface area contributed by atoms with Crippen LogP contribution < -0.4 is 5.32 Å². The van der Waals surface area contributed by atoms with Crippen molar-refractivity contribution in [2.75, 3.05) is 32.7 Å². The van der Waals surface area contributed by atoms with Crippen molar-refractivity contribution >= 4 is 0 Å². The molecule has 92 valence electrons. The Bertz CT molecular complexity index is 337. The maximum atomic E-state index is 3.55. The molecule has 0 aromatic heterocycles. The summed E-state index contributed by atoms with van der Waals surface area (Å²) in [7, 11) is 0. The number of hydrogen-bond acceptors (Lipinski definition) is 2. The number of nitrogens with zero attached hydrogens (tertiary/aromatic N) is 1. The minimum atomic E-state index is 0.901. The van der Waals surface area contributed by atoms with Crippen LogP contribution in [0.15, 0.2) is 30.3 Å². The van der Waals surface area contributed by atoms with Crippen LogP contribution in [0.5, 0.6) is 0 Å². The maximum Gasteiger partial charge on any atom is 0.00222 e. The van der Waals surface area contributed by atoms with Crippen LogP contribution in [0.4, 0.5) is 0 Å². The molecule has 2 bridgehead atoms. The molecule has 2 aliphatic rings. The van der Waals surface area contributed by atoms with Gasteiger partial charge in [0.05, 0.1) is 0 Å². The Morgan fingerprint density at radius 1 is 1.06 bits per heavy atom. The molecule has 1 N–H and O–H groups in total. The second kappa shape index (κ2) is 5.19. The first kappa shape index (κ1) is 11.2. The number of rotatable bonds is 3. The van der Waals surface area contributed by atoms with Gasteiger partial charge in [-0.1, -0.05) is 30.3 Å². The number of hydrogen-bond donors (Lipinski definition) is 1. The molecule has 2 nitrogen and oxygen atoms in total. The van der Waals surface area contributed by atoms with Gasteiger partial charge in [-0.3, -0.25) is 0 Å². The Morgan fingerprint density at radius 3 is 2.47 bits per heavy atom. The molecule has 2 heterocycles. The highest BCUT2D eigenvalue weighted by atomic mass is 15.2. The molecule has 2 aliphatic heterocycles. The number of benzene rings is 1. The van der Waals surface area contributed by atoms with Crippen molar-refractivity contribution in [1.29, 1.82) is 0 Å². The van der Waals surface area contributed by atoms with Crippen LogP contribution in [-0.2, 0) is 6.42 Å². The van der Waals surface area contributed by atoms with Crippen molar-refractivity contribution in [2.24, 2.45) is 11.8 Å². The molecule has 1 aromatic carbocycles. The van der Waals surface area contributed by atoms with Gasteiger partial charge < -0.3 is 10.2 Å². The Balaban J connectivity index is 1.52. The predicted octanol–water partition coefficient (Wildman–Crippen LogP) is 1.77. The van der Waals surface area contributed by atoms with Gasteiger partial charge in [-0.05, 0) is 43.3 Å². The summed E-state index contributed by atoms with van der Waals surface area (Å²) in [6.45, 7) is 6.31. The van der Waals surface area contributed by atoms with E-state index in [0.29, 0.717) is 0 Å². The smallest absolute Gasteiger partial charge is 0.00222 e. The number of nitrogens with one attached hydrogen (secondary N) is 1. The van der Waals surface area contributed by atoms with Crippen molar-refractivity contribution in [3.05, 3.63) is 35.9 Å². The normalized spacial score (nSPS) is 29.2. The van der Waals surface area contributed by atoms with Gasteiger partial charge in [0.1, 0.15) is 0 Å². The molecule has 2 saturated heterocycles. The SMILES string of the molecule is c1ccc(CCN2CC3CNCC(C3)C2)cc1. The van der Waals surface area contributed by atoms with E-state index < -0.39 is 0 Å². The van der Waals surface area contributed by atoms with Crippen LogP contribution in [-0.4, -0.2) is 37.6 Å². The van der Waals surface area contributed by atoms with Crippen LogP contribution in [0.25, 0.3) is 0 Å². The van der Waals surface area contributed by atoms with E-state index in [9.17, 15) is 0 Å². The molecule has 3 rings (SSSR count). The zero-order chi connectivity index (χ0) is 11.5. The summed E-state index contributed by atoms with van der Waals surface area (Å²) in [4.78, 5) is 2.67. The van der Waals surface area contributed by atoms with Gasteiger partial charge in [0.15, 0.2) is 0 Å². The van der Waals surface area contributed by atoms with Gasteiger partial charge >= 0.3 is 0 Å². The van der Waals surface area contributed by atoms with Crippen molar-refractivity contribution in [3.63, 3.8) is 0 Å². The van der Waals surface area contributed by atoms with E-state index in [-0.39, 0.29) is 0 Å². The van der Waals surface area contributed by atoms with Gasteiger partial charge in [-0.2, -0.15) is 0 Å². The van der Waals surface area contributed by atoms with E-state index in [2.05, 4.69) is 40.5 Å². The first-order valence-corrected chi connectivity index (χ1v) is 6.87. The van der Waals surface area contributed by atoms with Crippen LogP contribution in [0.3, 0.4) is 0 Å². The second-order valence-electron chi connectivity index (χ2n) is 5.62. The fourth-order valence-corrected chi connectivity index (χ4v) is 3.33. The van der Waals surface area contributed by atoms with Crippen LogP contribution in [0.2, 0.25) is 0 Å². The van der Waals surface area contributed by atoms with Crippen molar-refractivity contribution in [1.82, 2.24) is 10.2 Å². The highest BCUT2D eigenvalue weighted by molar-refractivity contribution is 5.14. The summed E-state index contributed by atoms with van der Waals surface area (Å²) in [6.07, 6.45) is 2.66. The molecule has 0 spiro atoms. The van der Waals surface area contributed by atoms with Crippen LogP contribution >= 0.6 is 0 Å². The average Bonchev–Trinajstić information content (AvgIpc) is 2.37. The molecule has 0 saturated carbocycles. The lowest BCUT2D eigenvalue weighted by molar-refractivity contribution is 0.0984. The molecular formula is C15H22N2. The zero-order valence-electron chi connectivity index (χ0n) is 10.4. The van der Waals surface area contributed by atoms with E-state index in [0.717, 1.165) is 11.8 Å². The second-order valence-corrected chi connectivity index (χ2v) is 5.62. The largest absolute Gasteiger partial charge is 0.316 e. The van der Waals surface area contributed by atoms with E-state index in [1.807, 2.05) is 0 Å². The van der Waals surface area contributed by atoms with Gasteiger partial charge in [-0.25, -0.2) is 0 Å². The van der Waals surface area contributed by atoms with Gasteiger partial charge in [0.25, 0.3) is 0 Å². The molecule has 2 heteroatoms. The summed E-state index contributed by atoms with van der Waals surface area (Å²) >= 11 is 0. The van der Waals surface area contributed by atoms with E-state index >= 15 is 0 Å². The molecule has 2 atom stereocenters. The Morgan fingerprint density at radius 2 is 1.76 bits per heavy atom. The molecule has 0 aliphatic carbocycles. The van der Waals surface area contributed by atoms with E-state index in [1.165, 1.54) is 51.1 Å². The van der Waals surface area contributed by atoms with Crippen LogP contribution in [0, 0.1) is 11.8 Å². The summed E-state index contributed by atoms with van der Waals surface area (Å²) in [5, 5.41) is 3.55. The Hall–Kier alpha value is -0.860. The lowest BCUT2D eigenvalue weighted by Crippen LogP contribution is -2.51. The van der Waals surface area contributed by atoms with E-state index in [1.54, 1.807) is 0 Å². The van der Waals surface area contributed by atoms with Gasteiger partial charge in [-0.15, -0.1) is 0 Å². The topological polar surface area (TPSA) is 15.3 Å². The zero-order valence-corrected chi connectivity index (χ0v) is 10.4. The molecule has 1 aromatic rings. The molecule has 2 unspecified atom stereocenters. The minimum absolute atomic E-state index is 0.901. The quantitative estimate of drug-likeness (QED) is 0.851. The van der Waals surface area contributed by atoms with Crippen molar-refractivity contribution in [3.8, 4) is 0 Å². The summed E-state index contributed by atoms with van der Waals surface area (Å²) in [6, 6.07) is 10.9. The highest BCUT2D eigenvalue weighted by Crippen LogP contribution is 2.24. The van der Waals surface area contributed by atoms with Gasteiger partial charge in [0, 0.05) is 19.6 Å². The highest BCUT2D eigenvalue weighted by Gasteiger charge is 2.29. The summed E-state index contributed by atoms with van der Waals surface area (Å²) in [5.74, 6) is 1.80. The third-order valence-corrected chi connectivity index (χ3v) is 4.13. The first-order chi connectivity index (χ1) is 8.40. The minimum Gasteiger partial charge on any atom is -0.316 e. The molecule has 17 heavy (non-hydrogen) atoms. The Kier molecular flexibility index (Phi) is 3.44. The van der Waals surface area contributed by atoms with Crippen LogP contribution in [0.1, 0.15) is 12.0 Å². The fourth-order valence-electron chi connectivity index (χ4n) is 3.33. The fraction of sp³-hybridized carbons (Fsp3) is 0.600. The maximum absolute atomic E-state index is 3.55. The van der Waals surface area contributed by atoms with Crippen molar-refractivity contribution < 1.29 is 0 Å². The molecular weight excluding hydrogens is 208 g/mol. The van der Waals surface area contributed by atoms with Crippen molar-refractivity contribution in [2.45, 2.75) is 12.8 Å². The molecule has 0 radical (unpaired) electrons. The lowest BCUT2D eigenvalue weighted by atomic mass is 9.86. The third kappa shape index (κ3) is 2.88.